The molecule has 0 saturated carbocycles. The lowest BCUT2D eigenvalue weighted by Crippen LogP contribution is -2.12. The topological polar surface area (TPSA) is 61.2 Å². The number of methoxy groups -OCH3 is 1. The normalized spacial score (nSPS) is 10.6. The summed E-state index contributed by atoms with van der Waals surface area (Å²) in [5.41, 5.74) is 4.36. The Balaban J connectivity index is 1.76. The van der Waals surface area contributed by atoms with Gasteiger partial charge in [-0.15, -0.1) is 10.2 Å². The molecular formula is C17H15BrClFN4O2. The molecule has 0 fully saturated rings. The van der Waals surface area contributed by atoms with Crippen LogP contribution in [0.25, 0.3) is 0 Å². The molecule has 0 aliphatic heterocycles. The molecule has 0 aliphatic carbocycles. The van der Waals surface area contributed by atoms with E-state index in [0.717, 1.165) is 5.56 Å². The van der Waals surface area contributed by atoms with Crippen molar-refractivity contribution in [1.29, 1.82) is 0 Å². The van der Waals surface area contributed by atoms with Crippen LogP contribution in [0.3, 0.4) is 0 Å². The molecule has 0 aliphatic rings. The maximum absolute atomic E-state index is 13.9. The third kappa shape index (κ3) is 4.25. The molecule has 3 rings (SSSR count). The standard InChI is InChI=1S/C17H15BrClFN4O2/c1-25-16-6-11(7-23-24-9-21-22-10-24)5-13(18)17(16)26-8-12-14(19)3-2-4-15(12)20/h2-6,9-10,23H,7-8H2,1H3. The van der Waals surface area contributed by atoms with Crippen LogP contribution in [0.15, 0.2) is 47.5 Å². The molecule has 9 heteroatoms. The summed E-state index contributed by atoms with van der Waals surface area (Å²) in [6, 6.07) is 8.24. The van der Waals surface area contributed by atoms with Gasteiger partial charge >= 0.3 is 0 Å². The van der Waals surface area contributed by atoms with Crippen molar-refractivity contribution in [3.8, 4) is 11.5 Å². The molecule has 0 radical (unpaired) electrons. The second-order valence-corrected chi connectivity index (χ2v) is 6.56. The highest BCUT2D eigenvalue weighted by molar-refractivity contribution is 9.10. The van der Waals surface area contributed by atoms with E-state index in [1.54, 1.807) is 36.6 Å². The summed E-state index contributed by atoms with van der Waals surface area (Å²) in [4.78, 5) is 0. The van der Waals surface area contributed by atoms with Crippen LogP contribution in [0.5, 0.6) is 11.5 Å². The zero-order valence-corrected chi connectivity index (χ0v) is 16.1. The van der Waals surface area contributed by atoms with Gasteiger partial charge in [0.15, 0.2) is 11.5 Å². The Labute approximate surface area is 163 Å². The van der Waals surface area contributed by atoms with Crippen LogP contribution >= 0.6 is 27.5 Å². The molecule has 26 heavy (non-hydrogen) atoms. The van der Waals surface area contributed by atoms with Crippen molar-refractivity contribution in [2.75, 3.05) is 12.5 Å². The molecule has 0 unspecified atom stereocenters. The Morgan fingerprint density at radius 3 is 2.73 bits per heavy atom. The molecule has 2 aromatic carbocycles. The Kier molecular flexibility index (Phi) is 5.95. The summed E-state index contributed by atoms with van der Waals surface area (Å²) in [5, 5.41) is 7.76. The van der Waals surface area contributed by atoms with Gasteiger partial charge in [0.25, 0.3) is 0 Å². The number of nitrogens with zero attached hydrogens (tertiary/aromatic N) is 3. The predicted octanol–water partition coefficient (Wildman–Crippen LogP) is 4.16. The van der Waals surface area contributed by atoms with Crippen molar-refractivity contribution in [1.82, 2.24) is 14.9 Å². The molecule has 6 nitrogen and oxygen atoms in total. The molecular weight excluding hydrogens is 427 g/mol. The van der Waals surface area contributed by atoms with Crippen molar-refractivity contribution in [2.24, 2.45) is 0 Å². The second-order valence-electron chi connectivity index (χ2n) is 5.30. The molecule has 1 heterocycles. The Bertz CT molecular complexity index is 872. The minimum Gasteiger partial charge on any atom is -0.493 e. The SMILES string of the molecule is COc1cc(CNn2cnnc2)cc(Br)c1OCc1c(F)cccc1Cl. The number of benzene rings is 2. The molecule has 0 bridgehead atoms. The van der Waals surface area contributed by atoms with Gasteiger partial charge in [-0.05, 0) is 45.8 Å². The van der Waals surface area contributed by atoms with Gasteiger partial charge in [0.05, 0.1) is 23.1 Å². The average molecular weight is 442 g/mol. The van der Waals surface area contributed by atoms with Crippen molar-refractivity contribution in [3.05, 3.63) is 69.4 Å². The van der Waals surface area contributed by atoms with Crippen molar-refractivity contribution >= 4 is 27.5 Å². The van der Waals surface area contributed by atoms with Gasteiger partial charge in [0, 0.05) is 5.56 Å². The highest BCUT2D eigenvalue weighted by Crippen LogP contribution is 2.37. The van der Waals surface area contributed by atoms with Gasteiger partial charge in [-0.25, -0.2) is 9.07 Å². The number of halogens is 3. The van der Waals surface area contributed by atoms with Crippen LogP contribution in [0, 0.1) is 5.82 Å². The van der Waals surface area contributed by atoms with Crippen molar-refractivity contribution in [3.63, 3.8) is 0 Å². The van der Waals surface area contributed by atoms with Crippen LogP contribution in [-0.2, 0) is 13.2 Å². The molecule has 1 N–H and O–H groups in total. The zero-order valence-electron chi connectivity index (χ0n) is 13.7. The quantitative estimate of drug-likeness (QED) is 0.596. The van der Waals surface area contributed by atoms with E-state index in [1.807, 2.05) is 12.1 Å². The molecule has 0 spiro atoms. The van der Waals surface area contributed by atoms with Crippen LogP contribution in [0.1, 0.15) is 11.1 Å². The van der Waals surface area contributed by atoms with Gasteiger partial charge < -0.3 is 14.9 Å². The van der Waals surface area contributed by atoms with Gasteiger partial charge in [0.2, 0.25) is 0 Å². The molecule has 0 saturated heterocycles. The van der Waals surface area contributed by atoms with E-state index in [2.05, 4.69) is 31.6 Å². The number of hydrogen-bond donors (Lipinski definition) is 1. The number of aromatic nitrogens is 3. The van der Waals surface area contributed by atoms with Gasteiger partial charge in [-0.2, -0.15) is 0 Å². The minimum absolute atomic E-state index is 0.0151. The highest BCUT2D eigenvalue weighted by Gasteiger charge is 2.14. The number of ether oxygens (including phenoxy) is 2. The number of rotatable bonds is 7. The lowest BCUT2D eigenvalue weighted by molar-refractivity contribution is 0.278. The summed E-state index contributed by atoms with van der Waals surface area (Å²) in [6.45, 7) is 0.505. The molecule has 0 atom stereocenters. The van der Waals surface area contributed by atoms with E-state index in [9.17, 15) is 4.39 Å². The van der Waals surface area contributed by atoms with Crippen LogP contribution in [0.4, 0.5) is 4.39 Å². The average Bonchev–Trinajstić information content (AvgIpc) is 3.14. The monoisotopic (exact) mass is 440 g/mol. The number of nitrogens with one attached hydrogen (secondary N) is 1. The fourth-order valence-corrected chi connectivity index (χ4v) is 3.12. The van der Waals surface area contributed by atoms with Gasteiger partial charge in [0.1, 0.15) is 25.1 Å². The predicted molar refractivity (Wildman–Crippen MR) is 99.5 cm³/mol. The zero-order chi connectivity index (χ0) is 18.5. The fraction of sp³-hybridized carbons (Fsp3) is 0.176. The van der Waals surface area contributed by atoms with E-state index >= 15 is 0 Å². The van der Waals surface area contributed by atoms with Gasteiger partial charge in [-0.3, -0.25) is 0 Å². The maximum Gasteiger partial charge on any atom is 0.175 e. The molecule has 3 aromatic rings. The lowest BCUT2D eigenvalue weighted by Gasteiger charge is -2.16. The summed E-state index contributed by atoms with van der Waals surface area (Å²) in [6.07, 6.45) is 3.11. The molecule has 136 valence electrons. The van der Waals surface area contributed by atoms with E-state index in [0.29, 0.717) is 33.1 Å². The Morgan fingerprint density at radius 2 is 2.04 bits per heavy atom. The summed E-state index contributed by atoms with van der Waals surface area (Å²) in [7, 11) is 1.54. The number of hydrogen-bond acceptors (Lipinski definition) is 5. The van der Waals surface area contributed by atoms with E-state index in [4.69, 9.17) is 21.1 Å². The Hall–Kier alpha value is -2.32. The third-order valence-corrected chi connectivity index (χ3v) is 4.54. The van der Waals surface area contributed by atoms with Crippen molar-refractivity contribution in [2.45, 2.75) is 13.2 Å². The largest absolute Gasteiger partial charge is 0.493 e. The second kappa shape index (κ2) is 8.37. The minimum atomic E-state index is -0.414. The van der Waals surface area contributed by atoms with Crippen LogP contribution < -0.4 is 14.9 Å². The summed E-state index contributed by atoms with van der Waals surface area (Å²) < 4.78 is 27.4. The van der Waals surface area contributed by atoms with Crippen LogP contribution in [0.2, 0.25) is 5.02 Å². The summed E-state index contributed by atoms with van der Waals surface area (Å²) >= 11 is 9.52. The first-order chi connectivity index (χ1) is 12.6. The molecule has 1 aromatic heterocycles. The van der Waals surface area contributed by atoms with Gasteiger partial charge in [-0.1, -0.05) is 17.7 Å². The first-order valence-electron chi connectivity index (χ1n) is 7.59. The van der Waals surface area contributed by atoms with E-state index in [1.165, 1.54) is 6.07 Å². The third-order valence-electron chi connectivity index (χ3n) is 3.60. The first kappa shape index (κ1) is 18.5. The first-order valence-corrected chi connectivity index (χ1v) is 8.76. The van der Waals surface area contributed by atoms with E-state index in [-0.39, 0.29) is 6.61 Å². The Morgan fingerprint density at radius 1 is 1.27 bits per heavy atom. The molecule has 0 amide bonds. The smallest absolute Gasteiger partial charge is 0.175 e. The maximum atomic E-state index is 13.9. The fourth-order valence-electron chi connectivity index (χ4n) is 2.29. The van der Waals surface area contributed by atoms with Crippen LogP contribution in [-0.4, -0.2) is 22.0 Å². The van der Waals surface area contributed by atoms with E-state index < -0.39 is 5.82 Å². The lowest BCUT2D eigenvalue weighted by atomic mass is 10.2. The van der Waals surface area contributed by atoms with Crippen molar-refractivity contribution < 1.29 is 13.9 Å². The summed E-state index contributed by atoms with van der Waals surface area (Å²) in [5.74, 6) is 0.578. The highest BCUT2D eigenvalue weighted by atomic mass is 79.9.